The minimum absolute atomic E-state index is 0.0745. The number of carbonyl (C=O) groups excluding carboxylic acids is 1. The average Bonchev–Trinajstić information content (AvgIpc) is 2.60. The standard InChI is InChI=1S/C17H23ClFN3O2/c18-14-12-13(4-5-15(14)19)20-17(6-2-1-3-7-17)21-16(23)22-8-10-24-11-9-22/h4-5,12,20H,1-3,6-11H2,(H,21,23). The number of nitrogens with zero attached hydrogens (tertiary/aromatic N) is 1. The molecule has 0 bridgehead atoms. The third-order valence-electron chi connectivity index (χ3n) is 4.65. The number of urea groups is 1. The monoisotopic (exact) mass is 355 g/mol. The van der Waals surface area contributed by atoms with Crippen LogP contribution in [0.3, 0.4) is 0 Å². The van der Waals surface area contributed by atoms with E-state index in [1.165, 1.54) is 6.07 Å². The summed E-state index contributed by atoms with van der Waals surface area (Å²) >= 11 is 5.88. The van der Waals surface area contributed by atoms with Gasteiger partial charge in [-0.1, -0.05) is 18.0 Å². The van der Waals surface area contributed by atoms with Gasteiger partial charge in [0.25, 0.3) is 0 Å². The van der Waals surface area contributed by atoms with E-state index >= 15 is 0 Å². The van der Waals surface area contributed by atoms with Gasteiger partial charge < -0.3 is 20.3 Å². The summed E-state index contributed by atoms with van der Waals surface area (Å²) in [5.74, 6) is -0.447. The van der Waals surface area contributed by atoms with E-state index in [9.17, 15) is 9.18 Å². The lowest BCUT2D eigenvalue weighted by atomic mass is 9.88. The number of morpholine rings is 1. The van der Waals surface area contributed by atoms with Crippen LogP contribution in [0.25, 0.3) is 0 Å². The van der Waals surface area contributed by atoms with E-state index < -0.39 is 11.5 Å². The first kappa shape index (κ1) is 17.3. The molecule has 1 saturated heterocycles. The fourth-order valence-corrected chi connectivity index (χ4v) is 3.52. The molecule has 1 aliphatic carbocycles. The predicted molar refractivity (Wildman–Crippen MR) is 91.8 cm³/mol. The highest BCUT2D eigenvalue weighted by molar-refractivity contribution is 6.31. The quantitative estimate of drug-likeness (QED) is 0.815. The molecule has 0 aromatic heterocycles. The predicted octanol–water partition coefficient (Wildman–Crippen LogP) is 3.59. The molecule has 2 aliphatic rings. The highest BCUT2D eigenvalue weighted by Crippen LogP contribution is 2.31. The van der Waals surface area contributed by atoms with E-state index in [0.717, 1.165) is 32.1 Å². The number of halogens is 2. The first-order valence-electron chi connectivity index (χ1n) is 8.46. The van der Waals surface area contributed by atoms with Crippen LogP contribution in [0.1, 0.15) is 32.1 Å². The van der Waals surface area contributed by atoms with Gasteiger partial charge in [0, 0.05) is 18.8 Å². The number of ether oxygens (including phenoxy) is 1. The van der Waals surface area contributed by atoms with Crippen LogP contribution in [0.4, 0.5) is 14.9 Å². The maximum Gasteiger partial charge on any atom is 0.319 e. The van der Waals surface area contributed by atoms with Gasteiger partial charge in [0.2, 0.25) is 0 Å². The summed E-state index contributed by atoms with van der Waals surface area (Å²) in [7, 11) is 0. The van der Waals surface area contributed by atoms with Gasteiger partial charge in [-0.05, 0) is 43.9 Å². The summed E-state index contributed by atoms with van der Waals surface area (Å²) in [5.41, 5.74) is 0.194. The fraction of sp³-hybridized carbons (Fsp3) is 0.588. The van der Waals surface area contributed by atoms with Crippen molar-refractivity contribution >= 4 is 23.3 Å². The molecule has 1 saturated carbocycles. The summed E-state index contributed by atoms with van der Waals surface area (Å²) < 4.78 is 18.7. The summed E-state index contributed by atoms with van der Waals surface area (Å²) in [5, 5.41) is 6.63. The molecule has 132 valence electrons. The van der Waals surface area contributed by atoms with Crippen molar-refractivity contribution in [1.82, 2.24) is 10.2 Å². The molecular weight excluding hydrogens is 333 g/mol. The molecule has 2 N–H and O–H groups in total. The third-order valence-corrected chi connectivity index (χ3v) is 4.94. The molecule has 7 heteroatoms. The molecule has 0 spiro atoms. The van der Waals surface area contributed by atoms with Crippen molar-refractivity contribution in [2.45, 2.75) is 37.8 Å². The van der Waals surface area contributed by atoms with Crippen LogP contribution < -0.4 is 10.6 Å². The van der Waals surface area contributed by atoms with Gasteiger partial charge in [-0.15, -0.1) is 0 Å². The van der Waals surface area contributed by atoms with Crippen LogP contribution in [-0.4, -0.2) is 42.9 Å². The van der Waals surface area contributed by atoms with Crippen molar-refractivity contribution in [3.63, 3.8) is 0 Å². The second kappa shape index (κ2) is 7.57. The van der Waals surface area contributed by atoms with Crippen LogP contribution in [0.2, 0.25) is 5.02 Å². The molecular formula is C17H23ClFN3O2. The summed E-state index contributed by atoms with van der Waals surface area (Å²) in [6.07, 6.45) is 4.88. The number of hydrogen-bond donors (Lipinski definition) is 2. The second-order valence-corrected chi connectivity index (χ2v) is 6.83. The van der Waals surface area contributed by atoms with Gasteiger partial charge in [-0.2, -0.15) is 0 Å². The number of nitrogens with one attached hydrogen (secondary N) is 2. The maximum atomic E-state index is 13.4. The Morgan fingerprint density at radius 1 is 1.21 bits per heavy atom. The van der Waals surface area contributed by atoms with Crippen LogP contribution in [0.15, 0.2) is 18.2 Å². The smallest absolute Gasteiger partial charge is 0.319 e. The number of rotatable bonds is 3. The molecule has 2 amide bonds. The van der Waals surface area contributed by atoms with E-state index in [0.29, 0.717) is 32.0 Å². The van der Waals surface area contributed by atoms with Gasteiger partial charge in [0.15, 0.2) is 0 Å². The van der Waals surface area contributed by atoms with E-state index in [1.54, 1.807) is 17.0 Å². The van der Waals surface area contributed by atoms with Gasteiger partial charge in [-0.25, -0.2) is 9.18 Å². The van der Waals surface area contributed by atoms with Gasteiger partial charge in [-0.3, -0.25) is 0 Å². The Hall–Kier alpha value is -1.53. The molecule has 0 radical (unpaired) electrons. The zero-order chi connectivity index (χ0) is 17.0. The molecule has 2 fully saturated rings. The fourth-order valence-electron chi connectivity index (χ4n) is 3.34. The van der Waals surface area contributed by atoms with Crippen molar-refractivity contribution in [2.75, 3.05) is 31.6 Å². The summed E-state index contributed by atoms with van der Waals surface area (Å²) in [4.78, 5) is 14.4. The molecule has 3 rings (SSSR count). The normalized spacial score (nSPS) is 20.5. The van der Waals surface area contributed by atoms with E-state index in [1.807, 2.05) is 0 Å². The number of amides is 2. The minimum Gasteiger partial charge on any atom is -0.378 e. The largest absolute Gasteiger partial charge is 0.378 e. The highest BCUT2D eigenvalue weighted by atomic mass is 35.5. The maximum absolute atomic E-state index is 13.4. The Bertz CT molecular complexity index is 587. The first-order chi connectivity index (χ1) is 11.6. The van der Waals surface area contributed by atoms with Crippen LogP contribution in [-0.2, 0) is 4.74 Å². The summed E-state index contributed by atoms with van der Waals surface area (Å²) in [6.45, 7) is 2.34. The Kier molecular flexibility index (Phi) is 5.46. The Morgan fingerprint density at radius 2 is 1.92 bits per heavy atom. The van der Waals surface area contributed by atoms with Crippen LogP contribution in [0, 0.1) is 5.82 Å². The van der Waals surface area contributed by atoms with Crippen molar-refractivity contribution in [3.05, 3.63) is 29.0 Å². The zero-order valence-corrected chi connectivity index (χ0v) is 14.4. The average molecular weight is 356 g/mol. The number of benzene rings is 1. The number of hydrogen-bond acceptors (Lipinski definition) is 3. The first-order valence-corrected chi connectivity index (χ1v) is 8.84. The van der Waals surface area contributed by atoms with Crippen molar-refractivity contribution in [1.29, 1.82) is 0 Å². The number of carbonyl (C=O) groups is 1. The molecule has 1 aromatic carbocycles. The molecule has 0 unspecified atom stereocenters. The van der Waals surface area contributed by atoms with Crippen molar-refractivity contribution in [3.8, 4) is 0 Å². The van der Waals surface area contributed by atoms with E-state index in [4.69, 9.17) is 16.3 Å². The third kappa shape index (κ3) is 4.11. The molecule has 1 aliphatic heterocycles. The SMILES string of the molecule is O=C(NC1(Nc2ccc(F)c(Cl)c2)CCCCC1)N1CCOCC1. The van der Waals surface area contributed by atoms with Crippen LogP contribution in [0.5, 0.6) is 0 Å². The highest BCUT2D eigenvalue weighted by Gasteiger charge is 2.35. The molecule has 5 nitrogen and oxygen atoms in total. The molecule has 1 heterocycles. The topological polar surface area (TPSA) is 53.6 Å². The van der Waals surface area contributed by atoms with Gasteiger partial charge in [0.1, 0.15) is 11.5 Å². The van der Waals surface area contributed by atoms with Crippen LogP contribution >= 0.6 is 11.6 Å². The Labute approximate surface area is 146 Å². The second-order valence-electron chi connectivity index (χ2n) is 6.43. The minimum atomic E-state index is -0.519. The van der Waals surface area contributed by atoms with Gasteiger partial charge >= 0.3 is 6.03 Å². The Balaban J connectivity index is 1.73. The zero-order valence-electron chi connectivity index (χ0n) is 13.6. The lowest BCUT2D eigenvalue weighted by Crippen LogP contribution is -2.59. The van der Waals surface area contributed by atoms with Crippen molar-refractivity contribution < 1.29 is 13.9 Å². The number of anilines is 1. The summed E-state index contributed by atoms with van der Waals surface area (Å²) in [6, 6.07) is 4.47. The Morgan fingerprint density at radius 3 is 2.58 bits per heavy atom. The van der Waals surface area contributed by atoms with Crippen molar-refractivity contribution in [2.24, 2.45) is 0 Å². The van der Waals surface area contributed by atoms with E-state index in [-0.39, 0.29) is 11.1 Å². The molecule has 1 aromatic rings. The molecule has 24 heavy (non-hydrogen) atoms. The van der Waals surface area contributed by atoms with Gasteiger partial charge in [0.05, 0.1) is 18.2 Å². The molecule has 0 atom stereocenters. The lowest BCUT2D eigenvalue weighted by molar-refractivity contribution is 0.0505. The lowest BCUT2D eigenvalue weighted by Gasteiger charge is -2.41. The van der Waals surface area contributed by atoms with E-state index in [2.05, 4.69) is 10.6 Å².